The molecular formula is C16H22O. The average molecular weight is 230 g/mol. The summed E-state index contributed by atoms with van der Waals surface area (Å²) in [7, 11) is 0. The van der Waals surface area contributed by atoms with Gasteiger partial charge in [0, 0.05) is 5.41 Å². The van der Waals surface area contributed by atoms with Gasteiger partial charge < -0.3 is 5.11 Å². The SMILES string of the molecule is CC1(C(O)c2ccccc2)[C@@H]2CCCCC[C@@H]21. The van der Waals surface area contributed by atoms with Crippen LogP contribution in [0, 0.1) is 17.3 Å². The second kappa shape index (κ2) is 4.13. The summed E-state index contributed by atoms with van der Waals surface area (Å²) < 4.78 is 0. The Hall–Kier alpha value is -0.820. The number of hydrogen-bond acceptors (Lipinski definition) is 1. The summed E-state index contributed by atoms with van der Waals surface area (Å²) in [6.45, 7) is 2.30. The van der Waals surface area contributed by atoms with Crippen LogP contribution in [0.1, 0.15) is 50.7 Å². The lowest BCUT2D eigenvalue weighted by molar-refractivity contribution is 0.0825. The van der Waals surface area contributed by atoms with Crippen molar-refractivity contribution in [3.63, 3.8) is 0 Å². The fraction of sp³-hybridized carbons (Fsp3) is 0.625. The van der Waals surface area contributed by atoms with Crippen LogP contribution in [0.3, 0.4) is 0 Å². The van der Waals surface area contributed by atoms with Gasteiger partial charge in [0.1, 0.15) is 0 Å². The third kappa shape index (κ3) is 1.72. The smallest absolute Gasteiger partial charge is 0.0849 e. The topological polar surface area (TPSA) is 20.2 Å². The van der Waals surface area contributed by atoms with Crippen LogP contribution in [0.5, 0.6) is 0 Å². The second-order valence-corrected chi connectivity index (χ2v) is 6.03. The Balaban J connectivity index is 1.81. The van der Waals surface area contributed by atoms with E-state index in [0.29, 0.717) is 0 Å². The molecule has 2 aliphatic carbocycles. The number of aliphatic hydroxyl groups is 1. The third-order valence-corrected chi connectivity index (χ3v) is 5.21. The largest absolute Gasteiger partial charge is 0.388 e. The summed E-state index contributed by atoms with van der Waals surface area (Å²) in [5.41, 5.74) is 1.25. The molecule has 1 aromatic carbocycles. The van der Waals surface area contributed by atoms with Crippen molar-refractivity contribution in [2.24, 2.45) is 17.3 Å². The molecule has 0 aromatic heterocycles. The molecule has 3 rings (SSSR count). The van der Waals surface area contributed by atoms with Gasteiger partial charge in [-0.2, -0.15) is 0 Å². The predicted molar refractivity (Wildman–Crippen MR) is 69.6 cm³/mol. The van der Waals surface area contributed by atoms with Crippen molar-refractivity contribution in [2.75, 3.05) is 0 Å². The van der Waals surface area contributed by atoms with Crippen molar-refractivity contribution in [3.8, 4) is 0 Å². The van der Waals surface area contributed by atoms with Crippen LogP contribution < -0.4 is 0 Å². The summed E-state index contributed by atoms with van der Waals surface area (Å²) in [6.07, 6.45) is 6.49. The minimum atomic E-state index is -0.267. The Labute approximate surface area is 104 Å². The van der Waals surface area contributed by atoms with Crippen molar-refractivity contribution < 1.29 is 5.11 Å². The van der Waals surface area contributed by atoms with Crippen molar-refractivity contribution in [2.45, 2.75) is 45.1 Å². The highest BCUT2D eigenvalue weighted by molar-refractivity contribution is 5.25. The predicted octanol–water partition coefficient (Wildman–Crippen LogP) is 3.94. The Morgan fingerprint density at radius 1 is 1.06 bits per heavy atom. The lowest BCUT2D eigenvalue weighted by Crippen LogP contribution is -2.14. The molecule has 0 spiro atoms. The molecule has 1 aromatic rings. The molecule has 2 saturated carbocycles. The zero-order valence-corrected chi connectivity index (χ0v) is 10.6. The standard InChI is InChI=1S/C16H22O/c1-16(13-10-6-3-7-11-14(13)16)15(17)12-8-4-2-5-9-12/h2,4-5,8-9,13-15,17H,3,6-7,10-11H2,1H3/t13-,14+,15?,16?. The average Bonchev–Trinajstić information content (AvgIpc) is 3.03. The number of hydrogen-bond donors (Lipinski definition) is 1. The van der Waals surface area contributed by atoms with Crippen molar-refractivity contribution >= 4 is 0 Å². The van der Waals surface area contributed by atoms with Crippen LogP contribution in [0.2, 0.25) is 0 Å². The monoisotopic (exact) mass is 230 g/mol. The first-order valence-corrected chi connectivity index (χ1v) is 6.97. The first-order chi connectivity index (χ1) is 8.24. The zero-order chi connectivity index (χ0) is 11.9. The third-order valence-electron chi connectivity index (χ3n) is 5.21. The molecule has 1 nitrogen and oxygen atoms in total. The minimum absolute atomic E-state index is 0.155. The molecule has 1 heteroatoms. The Kier molecular flexibility index (Phi) is 2.74. The summed E-state index contributed by atoms with van der Waals surface area (Å²) in [5.74, 6) is 1.53. The van der Waals surface area contributed by atoms with Gasteiger partial charge in [0.25, 0.3) is 0 Å². The molecule has 17 heavy (non-hydrogen) atoms. The van der Waals surface area contributed by atoms with Gasteiger partial charge in [0.2, 0.25) is 0 Å². The van der Waals surface area contributed by atoms with Gasteiger partial charge in [0.05, 0.1) is 6.10 Å². The van der Waals surface area contributed by atoms with Crippen LogP contribution in [-0.2, 0) is 0 Å². The van der Waals surface area contributed by atoms with E-state index in [2.05, 4.69) is 19.1 Å². The first-order valence-electron chi connectivity index (χ1n) is 6.97. The normalized spacial score (nSPS) is 38.0. The number of benzene rings is 1. The van der Waals surface area contributed by atoms with Crippen LogP contribution in [0.25, 0.3) is 0 Å². The molecule has 2 unspecified atom stereocenters. The van der Waals surface area contributed by atoms with Crippen LogP contribution in [0.15, 0.2) is 30.3 Å². The molecule has 4 atom stereocenters. The fourth-order valence-electron chi connectivity index (χ4n) is 4.05. The molecular weight excluding hydrogens is 208 g/mol. The van der Waals surface area contributed by atoms with E-state index in [9.17, 15) is 5.11 Å². The molecule has 2 aliphatic rings. The molecule has 0 heterocycles. The van der Waals surface area contributed by atoms with Gasteiger partial charge in [0.15, 0.2) is 0 Å². The van der Waals surface area contributed by atoms with E-state index < -0.39 is 0 Å². The lowest BCUT2D eigenvalue weighted by atomic mass is 9.88. The maximum absolute atomic E-state index is 10.6. The molecule has 0 saturated heterocycles. The Morgan fingerprint density at radius 2 is 1.65 bits per heavy atom. The molecule has 0 aliphatic heterocycles. The Morgan fingerprint density at radius 3 is 2.24 bits per heavy atom. The van der Waals surface area contributed by atoms with Gasteiger partial charge >= 0.3 is 0 Å². The first kappa shape index (κ1) is 11.3. The maximum atomic E-state index is 10.6. The van der Waals surface area contributed by atoms with Gasteiger partial charge in [-0.1, -0.05) is 56.5 Å². The van der Waals surface area contributed by atoms with E-state index in [-0.39, 0.29) is 11.5 Å². The summed E-state index contributed by atoms with van der Waals surface area (Å²) in [6, 6.07) is 10.2. The minimum Gasteiger partial charge on any atom is -0.388 e. The number of fused-ring (bicyclic) bond motifs is 1. The van der Waals surface area contributed by atoms with E-state index in [1.54, 1.807) is 0 Å². The van der Waals surface area contributed by atoms with Crippen molar-refractivity contribution in [1.29, 1.82) is 0 Å². The van der Waals surface area contributed by atoms with Gasteiger partial charge in [-0.05, 0) is 30.2 Å². The van der Waals surface area contributed by atoms with Crippen molar-refractivity contribution in [1.82, 2.24) is 0 Å². The van der Waals surface area contributed by atoms with E-state index >= 15 is 0 Å². The van der Waals surface area contributed by atoms with Crippen LogP contribution in [-0.4, -0.2) is 5.11 Å². The highest BCUT2D eigenvalue weighted by Gasteiger charge is 2.63. The van der Waals surface area contributed by atoms with E-state index in [4.69, 9.17) is 0 Å². The highest BCUT2D eigenvalue weighted by Crippen LogP contribution is 2.69. The fourth-order valence-corrected chi connectivity index (χ4v) is 4.05. The van der Waals surface area contributed by atoms with Crippen molar-refractivity contribution in [3.05, 3.63) is 35.9 Å². The molecule has 1 N–H and O–H groups in total. The Bertz CT molecular complexity index is 372. The lowest BCUT2D eigenvalue weighted by Gasteiger charge is -2.22. The number of aliphatic hydroxyl groups excluding tert-OH is 1. The summed E-state index contributed by atoms with van der Waals surface area (Å²) in [5, 5.41) is 10.6. The van der Waals surface area contributed by atoms with E-state index in [1.807, 2.05) is 18.2 Å². The molecule has 0 bridgehead atoms. The molecule has 92 valence electrons. The number of rotatable bonds is 2. The second-order valence-electron chi connectivity index (χ2n) is 6.03. The van der Waals surface area contributed by atoms with Crippen LogP contribution >= 0.6 is 0 Å². The molecule has 0 amide bonds. The van der Waals surface area contributed by atoms with Gasteiger partial charge in [-0.3, -0.25) is 0 Å². The van der Waals surface area contributed by atoms with Gasteiger partial charge in [-0.25, -0.2) is 0 Å². The molecule has 0 radical (unpaired) electrons. The quantitative estimate of drug-likeness (QED) is 0.816. The summed E-state index contributed by atoms with van der Waals surface area (Å²) in [4.78, 5) is 0. The van der Waals surface area contributed by atoms with Gasteiger partial charge in [-0.15, -0.1) is 0 Å². The summed E-state index contributed by atoms with van der Waals surface area (Å²) >= 11 is 0. The van der Waals surface area contributed by atoms with E-state index in [1.165, 1.54) is 32.1 Å². The zero-order valence-electron chi connectivity index (χ0n) is 10.6. The molecule has 2 fully saturated rings. The van der Waals surface area contributed by atoms with E-state index in [0.717, 1.165) is 17.4 Å². The van der Waals surface area contributed by atoms with Crippen LogP contribution in [0.4, 0.5) is 0 Å². The highest BCUT2D eigenvalue weighted by atomic mass is 16.3. The maximum Gasteiger partial charge on any atom is 0.0849 e.